The summed E-state index contributed by atoms with van der Waals surface area (Å²) < 4.78 is 29.0. The summed E-state index contributed by atoms with van der Waals surface area (Å²) in [5, 5.41) is 1.94. The van der Waals surface area contributed by atoms with E-state index in [-0.39, 0.29) is 16.7 Å². The lowest BCUT2D eigenvalue weighted by atomic mass is 10.2. The molecule has 0 aliphatic rings. The lowest BCUT2D eigenvalue weighted by Crippen LogP contribution is -2.16. The number of hydrogen-bond acceptors (Lipinski definition) is 5. The Morgan fingerprint density at radius 2 is 1.85 bits per heavy atom. The average Bonchev–Trinajstić information content (AvgIpc) is 2.62. The van der Waals surface area contributed by atoms with Crippen molar-refractivity contribution in [3.8, 4) is 5.88 Å². The summed E-state index contributed by atoms with van der Waals surface area (Å²) >= 11 is 17.7. The van der Waals surface area contributed by atoms with E-state index in [0.29, 0.717) is 5.56 Å². The number of hydrogen-bond donors (Lipinski definition) is 1. The van der Waals surface area contributed by atoms with Gasteiger partial charge in [0.25, 0.3) is 5.91 Å². The number of nitrogens with one attached hydrogen (secondary N) is 1. The standard InChI is InChI=1S/C16H13Cl3N2O4S/c1-25-13-8-4-7-12(20-13)21-16(22)14(18)15(19)26(23,24)9-10-5-2-3-6-11(10)17/h2-8H,9H2,1H3,(H,20,21,22)/b15-14-. The molecule has 6 nitrogen and oxygen atoms in total. The van der Waals surface area contributed by atoms with Crippen LogP contribution in [-0.4, -0.2) is 26.4 Å². The number of nitrogens with zero attached hydrogens (tertiary/aromatic N) is 1. The van der Waals surface area contributed by atoms with Gasteiger partial charge in [-0.25, -0.2) is 8.42 Å². The molecule has 138 valence electrons. The fourth-order valence-electron chi connectivity index (χ4n) is 1.88. The maximum atomic E-state index is 12.4. The Kier molecular flexibility index (Phi) is 6.88. The van der Waals surface area contributed by atoms with Crippen molar-refractivity contribution in [2.75, 3.05) is 12.4 Å². The minimum absolute atomic E-state index is 0.125. The van der Waals surface area contributed by atoms with Crippen molar-refractivity contribution in [3.63, 3.8) is 0 Å². The van der Waals surface area contributed by atoms with Crippen molar-refractivity contribution in [2.24, 2.45) is 0 Å². The van der Waals surface area contributed by atoms with Crippen LogP contribution in [0, 0.1) is 0 Å². The van der Waals surface area contributed by atoms with E-state index >= 15 is 0 Å². The molecule has 0 saturated carbocycles. The molecule has 1 heterocycles. The van der Waals surface area contributed by atoms with Crippen LogP contribution in [0.4, 0.5) is 5.82 Å². The second-order valence-corrected chi connectivity index (χ2v) is 8.27. The van der Waals surface area contributed by atoms with Gasteiger partial charge in [0.2, 0.25) is 5.88 Å². The molecule has 1 amide bonds. The third-order valence-corrected chi connectivity index (χ3v) is 6.40. The van der Waals surface area contributed by atoms with E-state index in [1.807, 2.05) is 0 Å². The first-order valence-electron chi connectivity index (χ1n) is 7.08. The van der Waals surface area contributed by atoms with Crippen LogP contribution in [0.1, 0.15) is 5.56 Å². The number of methoxy groups -OCH3 is 1. The molecule has 1 aromatic carbocycles. The number of sulfone groups is 1. The molecule has 0 fully saturated rings. The number of anilines is 1. The molecular weight excluding hydrogens is 423 g/mol. The Morgan fingerprint density at radius 1 is 1.15 bits per heavy atom. The number of benzene rings is 1. The number of carbonyl (C=O) groups is 1. The summed E-state index contributed by atoms with van der Waals surface area (Å²) in [4.78, 5) is 16.1. The van der Waals surface area contributed by atoms with Crippen molar-refractivity contribution in [3.05, 3.63) is 62.4 Å². The summed E-state index contributed by atoms with van der Waals surface area (Å²) in [6, 6.07) is 11.0. The highest BCUT2D eigenvalue weighted by molar-refractivity contribution is 7.96. The van der Waals surface area contributed by atoms with Crippen molar-refractivity contribution in [2.45, 2.75) is 5.75 Å². The van der Waals surface area contributed by atoms with Gasteiger partial charge >= 0.3 is 0 Å². The van der Waals surface area contributed by atoms with Gasteiger partial charge in [0, 0.05) is 11.1 Å². The van der Waals surface area contributed by atoms with Crippen LogP contribution in [0.2, 0.25) is 5.02 Å². The van der Waals surface area contributed by atoms with Crippen molar-refractivity contribution >= 4 is 56.4 Å². The number of ether oxygens (including phenoxy) is 1. The normalized spacial score (nSPS) is 12.3. The molecule has 0 atom stereocenters. The van der Waals surface area contributed by atoms with E-state index < -0.39 is 30.9 Å². The zero-order valence-corrected chi connectivity index (χ0v) is 16.5. The van der Waals surface area contributed by atoms with E-state index in [1.54, 1.807) is 30.3 Å². The Balaban J connectivity index is 2.23. The summed E-state index contributed by atoms with van der Waals surface area (Å²) in [7, 11) is -2.65. The predicted octanol–water partition coefficient (Wildman–Crippen LogP) is 3.94. The molecule has 1 aromatic heterocycles. The summed E-state index contributed by atoms with van der Waals surface area (Å²) in [6.45, 7) is 0. The van der Waals surface area contributed by atoms with Crippen LogP contribution in [-0.2, 0) is 20.4 Å². The Morgan fingerprint density at radius 3 is 2.50 bits per heavy atom. The summed E-state index contributed by atoms with van der Waals surface area (Å²) in [6.07, 6.45) is 0. The highest BCUT2D eigenvalue weighted by atomic mass is 35.5. The van der Waals surface area contributed by atoms with Gasteiger partial charge in [0.1, 0.15) is 10.9 Å². The van der Waals surface area contributed by atoms with Gasteiger partial charge in [0.05, 0.1) is 12.9 Å². The minimum Gasteiger partial charge on any atom is -0.481 e. The van der Waals surface area contributed by atoms with Crippen molar-refractivity contribution in [1.29, 1.82) is 0 Å². The lowest BCUT2D eigenvalue weighted by Gasteiger charge is -2.08. The number of halogens is 3. The Hall–Kier alpha value is -1.80. The topological polar surface area (TPSA) is 85.4 Å². The molecular formula is C16H13Cl3N2O4S. The van der Waals surface area contributed by atoms with Crippen LogP contribution in [0.5, 0.6) is 5.88 Å². The highest BCUT2D eigenvalue weighted by Crippen LogP contribution is 2.27. The molecule has 0 bridgehead atoms. The fraction of sp³-hybridized carbons (Fsp3) is 0.125. The fourth-order valence-corrected chi connectivity index (χ4v) is 3.96. The van der Waals surface area contributed by atoms with Gasteiger partial charge in [-0.2, -0.15) is 4.98 Å². The molecule has 26 heavy (non-hydrogen) atoms. The predicted molar refractivity (Wildman–Crippen MR) is 102 cm³/mol. The van der Waals surface area contributed by atoms with E-state index in [0.717, 1.165) is 0 Å². The number of amides is 1. The molecule has 0 saturated heterocycles. The van der Waals surface area contributed by atoms with Gasteiger partial charge in [-0.05, 0) is 17.7 Å². The second kappa shape index (κ2) is 8.73. The SMILES string of the molecule is COc1cccc(NC(=O)/C(Cl)=C(\Cl)S(=O)(=O)Cc2ccccc2Cl)n1. The van der Waals surface area contributed by atoms with Crippen LogP contribution in [0.25, 0.3) is 0 Å². The number of carbonyl (C=O) groups excluding carboxylic acids is 1. The molecule has 2 rings (SSSR count). The summed E-state index contributed by atoms with van der Waals surface area (Å²) in [5.41, 5.74) is 0.339. The molecule has 2 aromatic rings. The first kappa shape index (κ1) is 20.5. The van der Waals surface area contributed by atoms with Crippen LogP contribution < -0.4 is 10.1 Å². The first-order chi connectivity index (χ1) is 12.2. The number of pyridine rings is 1. The Labute approximate surface area is 165 Å². The Bertz CT molecular complexity index is 961. The zero-order valence-electron chi connectivity index (χ0n) is 13.4. The lowest BCUT2D eigenvalue weighted by molar-refractivity contribution is -0.112. The quantitative estimate of drug-likeness (QED) is 0.695. The van der Waals surface area contributed by atoms with Crippen LogP contribution in [0.3, 0.4) is 0 Å². The van der Waals surface area contributed by atoms with Crippen molar-refractivity contribution in [1.82, 2.24) is 4.98 Å². The van der Waals surface area contributed by atoms with Gasteiger partial charge in [0.15, 0.2) is 14.2 Å². The number of rotatable bonds is 6. The van der Waals surface area contributed by atoms with Gasteiger partial charge < -0.3 is 10.1 Å². The third kappa shape index (κ3) is 5.11. The second-order valence-electron chi connectivity index (χ2n) is 4.96. The van der Waals surface area contributed by atoms with Crippen LogP contribution >= 0.6 is 34.8 Å². The summed E-state index contributed by atoms with van der Waals surface area (Å²) in [5.74, 6) is -1.02. The van der Waals surface area contributed by atoms with Gasteiger partial charge in [-0.1, -0.05) is 59.1 Å². The molecule has 0 unspecified atom stereocenters. The van der Waals surface area contributed by atoms with Gasteiger partial charge in [-0.15, -0.1) is 0 Å². The van der Waals surface area contributed by atoms with Crippen LogP contribution in [0.15, 0.2) is 51.9 Å². The van der Waals surface area contributed by atoms with E-state index in [4.69, 9.17) is 39.5 Å². The van der Waals surface area contributed by atoms with E-state index in [1.165, 1.54) is 19.2 Å². The largest absolute Gasteiger partial charge is 0.481 e. The molecule has 0 spiro atoms. The van der Waals surface area contributed by atoms with Crippen molar-refractivity contribution < 1.29 is 17.9 Å². The zero-order chi connectivity index (χ0) is 19.3. The molecule has 0 aliphatic carbocycles. The van der Waals surface area contributed by atoms with E-state index in [9.17, 15) is 13.2 Å². The molecule has 0 radical (unpaired) electrons. The first-order valence-corrected chi connectivity index (χ1v) is 9.87. The maximum Gasteiger partial charge on any atom is 0.270 e. The minimum atomic E-state index is -4.06. The average molecular weight is 436 g/mol. The third-order valence-electron chi connectivity index (χ3n) is 3.12. The smallest absolute Gasteiger partial charge is 0.270 e. The molecule has 1 N–H and O–H groups in total. The van der Waals surface area contributed by atoms with Gasteiger partial charge in [-0.3, -0.25) is 4.79 Å². The molecule has 10 heteroatoms. The van der Waals surface area contributed by atoms with E-state index in [2.05, 4.69) is 10.3 Å². The monoisotopic (exact) mass is 434 g/mol. The molecule has 0 aliphatic heterocycles. The maximum absolute atomic E-state index is 12.4. The highest BCUT2D eigenvalue weighted by Gasteiger charge is 2.25. The number of aromatic nitrogens is 1.